The van der Waals surface area contributed by atoms with Crippen LogP contribution in [0.15, 0.2) is 18.2 Å². The number of carbonyl (C=O) groups is 2. The number of benzene rings is 1. The van der Waals surface area contributed by atoms with Gasteiger partial charge in [0.05, 0.1) is 29.6 Å². The number of carboxylic acid groups (broad SMARTS) is 1. The Kier molecular flexibility index (Phi) is 9.38. The molecule has 2 fully saturated rings. The van der Waals surface area contributed by atoms with E-state index in [4.69, 9.17) is 29.9 Å². The molecule has 1 amide bonds. The molecule has 1 aromatic heterocycles. The van der Waals surface area contributed by atoms with E-state index in [1.807, 2.05) is 11.0 Å². The number of aliphatic carboxylic acids is 1. The highest BCUT2D eigenvalue weighted by molar-refractivity contribution is 5.81. The molecule has 1 saturated heterocycles. The minimum absolute atomic E-state index is 0.118. The largest absolute Gasteiger partial charge is 0.490 e. The molecular weight excluding hydrogens is 560 g/mol. The SMILES string of the molecule is CC(C)Nc1nc2c(nc1N1CCC(Oc3ccc(C#N)cc3F)CC1)CN(C(=O)C1CC1)CC2.O=C(O)C(F)(F)F. The van der Waals surface area contributed by atoms with Crippen molar-refractivity contribution in [2.24, 2.45) is 5.92 Å². The first-order valence-electron chi connectivity index (χ1n) is 13.7. The molecule has 2 aliphatic heterocycles. The fourth-order valence-electron chi connectivity index (χ4n) is 4.72. The molecule has 14 heteroatoms. The smallest absolute Gasteiger partial charge is 0.487 e. The number of aromatic nitrogens is 2. The lowest BCUT2D eigenvalue weighted by atomic mass is 10.1. The molecule has 0 spiro atoms. The van der Waals surface area contributed by atoms with Crippen LogP contribution < -0.4 is 15.0 Å². The van der Waals surface area contributed by atoms with Gasteiger partial charge in [0.15, 0.2) is 23.2 Å². The number of halogens is 4. The standard InChI is InChI=1S/C26H31FN6O2.C2HF3O2/c1-16(2)29-24-25(31-22-15-33(12-9-21(22)30-24)26(34)18-4-5-18)32-10-7-19(8-11-32)35-23-6-3-17(14-28)13-20(23)27;3-2(4,5)1(6)7/h3,6,13,16,18-19H,4-5,7-12,15H2,1-2H3,(H,29,30);(H,6,7). The third-order valence-corrected chi connectivity index (χ3v) is 6.99. The minimum Gasteiger partial charge on any atom is -0.487 e. The molecule has 42 heavy (non-hydrogen) atoms. The Balaban J connectivity index is 0.000000517. The minimum atomic E-state index is -5.08. The number of carbonyl (C=O) groups excluding carboxylic acids is 1. The molecule has 10 nitrogen and oxygen atoms in total. The number of fused-ring (bicyclic) bond motifs is 1. The lowest BCUT2D eigenvalue weighted by Gasteiger charge is -2.35. The number of nitrogens with one attached hydrogen (secondary N) is 1. The molecule has 5 rings (SSSR count). The second-order valence-electron chi connectivity index (χ2n) is 10.7. The zero-order valence-corrected chi connectivity index (χ0v) is 23.2. The van der Waals surface area contributed by atoms with Crippen molar-refractivity contribution in [3.8, 4) is 11.8 Å². The van der Waals surface area contributed by atoms with Crippen molar-refractivity contribution >= 4 is 23.5 Å². The summed E-state index contributed by atoms with van der Waals surface area (Å²) in [6.45, 7) is 6.78. The van der Waals surface area contributed by atoms with E-state index in [9.17, 15) is 22.4 Å². The van der Waals surface area contributed by atoms with E-state index in [-0.39, 0.29) is 35.3 Å². The van der Waals surface area contributed by atoms with Crippen LogP contribution in [0.3, 0.4) is 0 Å². The monoisotopic (exact) mass is 592 g/mol. The molecule has 1 saturated carbocycles. The molecule has 1 aliphatic carbocycles. The van der Waals surface area contributed by atoms with Crippen LogP contribution in [0, 0.1) is 23.1 Å². The van der Waals surface area contributed by atoms with E-state index < -0.39 is 18.0 Å². The fourth-order valence-corrected chi connectivity index (χ4v) is 4.72. The maximum atomic E-state index is 14.3. The van der Waals surface area contributed by atoms with Gasteiger partial charge in [0.2, 0.25) is 5.91 Å². The van der Waals surface area contributed by atoms with Gasteiger partial charge >= 0.3 is 12.1 Å². The number of nitrogens with zero attached hydrogens (tertiary/aromatic N) is 5. The molecule has 2 aromatic rings. The van der Waals surface area contributed by atoms with Crippen LogP contribution in [0.4, 0.5) is 29.2 Å². The first-order chi connectivity index (χ1) is 19.8. The van der Waals surface area contributed by atoms with Crippen LogP contribution >= 0.6 is 0 Å². The average Bonchev–Trinajstić information content (AvgIpc) is 3.79. The quantitative estimate of drug-likeness (QED) is 0.472. The van der Waals surface area contributed by atoms with Crippen molar-refractivity contribution in [3.63, 3.8) is 0 Å². The Morgan fingerprint density at radius 3 is 2.33 bits per heavy atom. The fraction of sp³-hybridized carbons (Fsp3) is 0.536. The second-order valence-corrected chi connectivity index (χ2v) is 10.7. The van der Waals surface area contributed by atoms with Crippen LogP contribution in [0.2, 0.25) is 0 Å². The summed E-state index contributed by atoms with van der Waals surface area (Å²) in [5.41, 5.74) is 2.12. The number of alkyl halides is 3. The zero-order chi connectivity index (χ0) is 30.6. The molecule has 3 aliphatic rings. The number of piperidine rings is 1. The van der Waals surface area contributed by atoms with Gasteiger partial charge in [-0.1, -0.05) is 0 Å². The number of ether oxygens (including phenoxy) is 1. The Hall–Kier alpha value is -4.15. The predicted molar refractivity (Wildman–Crippen MR) is 143 cm³/mol. The summed E-state index contributed by atoms with van der Waals surface area (Å²) >= 11 is 0. The number of hydrogen-bond donors (Lipinski definition) is 2. The first kappa shape index (κ1) is 30.8. The maximum Gasteiger partial charge on any atom is 0.490 e. The number of rotatable bonds is 6. The summed E-state index contributed by atoms with van der Waals surface area (Å²) in [5, 5.41) is 19.5. The highest BCUT2D eigenvalue weighted by Gasteiger charge is 2.38. The van der Waals surface area contributed by atoms with Crippen LogP contribution in [-0.2, 0) is 22.6 Å². The summed E-state index contributed by atoms with van der Waals surface area (Å²) < 4.78 is 51.9. The van der Waals surface area contributed by atoms with Crippen LogP contribution in [0.1, 0.15) is 56.5 Å². The predicted octanol–water partition coefficient (Wildman–Crippen LogP) is 4.28. The van der Waals surface area contributed by atoms with Gasteiger partial charge in [0.25, 0.3) is 0 Å². The number of amides is 1. The van der Waals surface area contributed by atoms with Crippen molar-refractivity contribution in [2.45, 2.75) is 70.8 Å². The maximum absolute atomic E-state index is 14.3. The number of nitriles is 1. The van der Waals surface area contributed by atoms with Gasteiger partial charge in [-0.25, -0.2) is 19.2 Å². The molecule has 226 valence electrons. The summed E-state index contributed by atoms with van der Waals surface area (Å²) in [5.74, 6) is -1.06. The van der Waals surface area contributed by atoms with Crippen molar-refractivity contribution in [3.05, 3.63) is 41.0 Å². The van der Waals surface area contributed by atoms with E-state index in [0.717, 1.165) is 42.3 Å². The van der Waals surface area contributed by atoms with Crippen LogP contribution in [0.25, 0.3) is 0 Å². The summed E-state index contributed by atoms with van der Waals surface area (Å²) in [4.78, 5) is 35.6. The van der Waals surface area contributed by atoms with Gasteiger partial charge in [-0.05, 0) is 44.9 Å². The van der Waals surface area contributed by atoms with Gasteiger partial charge in [-0.3, -0.25) is 4.79 Å². The summed E-state index contributed by atoms with van der Waals surface area (Å²) in [7, 11) is 0. The number of hydrogen-bond acceptors (Lipinski definition) is 8. The van der Waals surface area contributed by atoms with Crippen molar-refractivity contribution in [1.29, 1.82) is 5.26 Å². The number of carboxylic acids is 1. The molecule has 0 bridgehead atoms. The molecule has 0 atom stereocenters. The zero-order valence-electron chi connectivity index (χ0n) is 23.2. The van der Waals surface area contributed by atoms with Crippen molar-refractivity contribution < 1.29 is 37.0 Å². The van der Waals surface area contributed by atoms with E-state index >= 15 is 0 Å². The molecule has 0 unspecified atom stereocenters. The van der Waals surface area contributed by atoms with E-state index in [2.05, 4.69) is 24.1 Å². The Bertz CT molecular complexity index is 1350. The van der Waals surface area contributed by atoms with E-state index in [1.54, 1.807) is 6.07 Å². The highest BCUT2D eigenvalue weighted by Crippen LogP contribution is 2.34. The average molecular weight is 593 g/mol. The van der Waals surface area contributed by atoms with Gasteiger partial charge < -0.3 is 25.0 Å². The van der Waals surface area contributed by atoms with Gasteiger partial charge in [-0.15, -0.1) is 0 Å². The van der Waals surface area contributed by atoms with Crippen molar-refractivity contribution in [2.75, 3.05) is 29.9 Å². The third kappa shape index (κ3) is 7.77. The first-order valence-corrected chi connectivity index (χ1v) is 13.7. The molecule has 0 radical (unpaired) electrons. The highest BCUT2D eigenvalue weighted by atomic mass is 19.4. The van der Waals surface area contributed by atoms with Gasteiger partial charge in [-0.2, -0.15) is 18.4 Å². The van der Waals surface area contributed by atoms with E-state index in [0.29, 0.717) is 39.0 Å². The second kappa shape index (κ2) is 12.8. The Morgan fingerprint density at radius 2 is 1.79 bits per heavy atom. The van der Waals surface area contributed by atoms with Crippen molar-refractivity contribution in [1.82, 2.24) is 14.9 Å². The normalized spacial score (nSPS) is 17.1. The lowest BCUT2D eigenvalue weighted by molar-refractivity contribution is -0.192. The molecule has 1 aromatic carbocycles. The van der Waals surface area contributed by atoms with Gasteiger partial charge in [0.1, 0.15) is 6.10 Å². The van der Waals surface area contributed by atoms with Crippen LogP contribution in [0.5, 0.6) is 5.75 Å². The Labute approximate surface area is 240 Å². The third-order valence-electron chi connectivity index (χ3n) is 6.99. The lowest BCUT2D eigenvalue weighted by Crippen LogP contribution is -2.41. The number of anilines is 2. The summed E-state index contributed by atoms with van der Waals surface area (Å²) in [6.07, 6.45) is -1.05. The van der Waals surface area contributed by atoms with E-state index in [1.165, 1.54) is 12.1 Å². The van der Waals surface area contributed by atoms with Crippen LogP contribution in [-0.4, -0.2) is 69.8 Å². The summed E-state index contributed by atoms with van der Waals surface area (Å²) in [6, 6.07) is 6.44. The van der Waals surface area contributed by atoms with Gasteiger partial charge in [0, 0.05) is 50.9 Å². The molecule has 3 heterocycles. The molecular formula is C28H32F4N6O4. The topological polar surface area (TPSA) is 132 Å². The molecule has 2 N–H and O–H groups in total. The Morgan fingerprint density at radius 1 is 1.12 bits per heavy atom.